The summed E-state index contributed by atoms with van der Waals surface area (Å²) < 4.78 is 5.01. The lowest BCUT2D eigenvalue weighted by atomic mass is 9.91. The highest BCUT2D eigenvalue weighted by Crippen LogP contribution is 2.21. The van der Waals surface area contributed by atoms with E-state index in [0.717, 1.165) is 19.5 Å². The minimum atomic E-state index is -0.0269. The highest BCUT2D eigenvalue weighted by atomic mass is 16.5. The van der Waals surface area contributed by atoms with Gasteiger partial charge in [-0.25, -0.2) is 0 Å². The molecule has 0 radical (unpaired) electrons. The molecule has 0 aliphatic carbocycles. The minimum absolute atomic E-state index is 0.0269. The highest BCUT2D eigenvalue weighted by Gasteiger charge is 2.28. The number of carbonyl (C=O) groups excluding carboxylic acids is 1. The van der Waals surface area contributed by atoms with Gasteiger partial charge in [-0.15, -0.1) is 0 Å². The van der Waals surface area contributed by atoms with E-state index in [0.29, 0.717) is 12.5 Å². The van der Waals surface area contributed by atoms with Gasteiger partial charge in [0.05, 0.1) is 12.5 Å². The Labute approximate surface area is 80.1 Å². The topological polar surface area (TPSA) is 29.5 Å². The Morgan fingerprint density at radius 1 is 1.54 bits per heavy atom. The van der Waals surface area contributed by atoms with Crippen molar-refractivity contribution in [2.75, 3.05) is 26.7 Å². The maximum absolute atomic E-state index is 11.4. The van der Waals surface area contributed by atoms with Crippen molar-refractivity contribution in [3.63, 3.8) is 0 Å². The fourth-order valence-corrected chi connectivity index (χ4v) is 2.05. The second-order valence-corrected chi connectivity index (χ2v) is 4.01. The van der Waals surface area contributed by atoms with Crippen LogP contribution in [0.3, 0.4) is 0 Å². The zero-order valence-electron chi connectivity index (χ0n) is 8.75. The molecule has 0 N–H and O–H groups in total. The number of likely N-dealkylation sites (tertiary alicyclic amines) is 1. The SMILES string of the molecule is CCOC(=O)[C@@H]1C[C@@H](C)CN(C)C1. The summed E-state index contributed by atoms with van der Waals surface area (Å²) in [6.45, 7) is 6.47. The van der Waals surface area contributed by atoms with Gasteiger partial charge in [0.25, 0.3) is 0 Å². The molecule has 0 bridgehead atoms. The maximum atomic E-state index is 11.4. The van der Waals surface area contributed by atoms with E-state index in [1.54, 1.807) is 0 Å². The fraction of sp³-hybridized carbons (Fsp3) is 0.900. The lowest BCUT2D eigenvalue weighted by Crippen LogP contribution is -2.40. The molecule has 0 aromatic carbocycles. The highest BCUT2D eigenvalue weighted by molar-refractivity contribution is 5.72. The van der Waals surface area contributed by atoms with E-state index < -0.39 is 0 Å². The van der Waals surface area contributed by atoms with E-state index in [2.05, 4.69) is 18.9 Å². The van der Waals surface area contributed by atoms with Crippen LogP contribution in [-0.2, 0) is 9.53 Å². The third-order valence-corrected chi connectivity index (χ3v) is 2.46. The van der Waals surface area contributed by atoms with Crippen LogP contribution in [0.25, 0.3) is 0 Å². The van der Waals surface area contributed by atoms with Crippen molar-refractivity contribution >= 4 is 5.97 Å². The van der Waals surface area contributed by atoms with Gasteiger partial charge in [-0.05, 0) is 26.3 Å². The summed E-state index contributed by atoms with van der Waals surface area (Å²) in [5.74, 6) is 0.669. The standard InChI is InChI=1S/C10H19NO2/c1-4-13-10(12)9-5-8(2)6-11(3)7-9/h8-9H,4-7H2,1-3H3/t8-,9-/m1/s1. The van der Waals surface area contributed by atoms with Crippen LogP contribution in [-0.4, -0.2) is 37.6 Å². The molecule has 0 aromatic heterocycles. The van der Waals surface area contributed by atoms with Crippen molar-refractivity contribution in [1.82, 2.24) is 4.90 Å². The molecule has 1 fully saturated rings. The van der Waals surface area contributed by atoms with Gasteiger partial charge in [-0.3, -0.25) is 4.79 Å². The van der Waals surface area contributed by atoms with Crippen LogP contribution in [0.15, 0.2) is 0 Å². The molecule has 1 saturated heterocycles. The first kappa shape index (κ1) is 10.5. The van der Waals surface area contributed by atoms with Gasteiger partial charge in [0, 0.05) is 13.1 Å². The third kappa shape index (κ3) is 2.99. The Balaban J connectivity index is 2.45. The van der Waals surface area contributed by atoms with Gasteiger partial charge in [0.1, 0.15) is 0 Å². The Kier molecular flexibility index (Phi) is 3.72. The van der Waals surface area contributed by atoms with Crippen LogP contribution in [0, 0.1) is 11.8 Å². The summed E-state index contributed by atoms with van der Waals surface area (Å²) in [6.07, 6.45) is 0.975. The average Bonchev–Trinajstić information content (AvgIpc) is 2.03. The van der Waals surface area contributed by atoms with E-state index in [-0.39, 0.29) is 11.9 Å². The summed E-state index contributed by atoms with van der Waals surface area (Å²) in [7, 11) is 2.06. The largest absolute Gasteiger partial charge is 0.466 e. The third-order valence-electron chi connectivity index (χ3n) is 2.46. The van der Waals surface area contributed by atoms with Gasteiger partial charge in [-0.1, -0.05) is 6.92 Å². The zero-order valence-corrected chi connectivity index (χ0v) is 8.75. The number of hydrogen-bond acceptors (Lipinski definition) is 3. The molecule has 2 atom stereocenters. The van der Waals surface area contributed by atoms with Gasteiger partial charge in [0.15, 0.2) is 0 Å². The van der Waals surface area contributed by atoms with Crippen LogP contribution in [0.1, 0.15) is 20.3 Å². The quantitative estimate of drug-likeness (QED) is 0.604. The van der Waals surface area contributed by atoms with Crippen LogP contribution >= 0.6 is 0 Å². The van der Waals surface area contributed by atoms with E-state index >= 15 is 0 Å². The van der Waals surface area contributed by atoms with Gasteiger partial charge >= 0.3 is 5.97 Å². The summed E-state index contributed by atoms with van der Waals surface area (Å²) in [4.78, 5) is 13.6. The van der Waals surface area contributed by atoms with Gasteiger partial charge in [-0.2, -0.15) is 0 Å². The smallest absolute Gasteiger partial charge is 0.310 e. The molecule has 1 heterocycles. The molecule has 3 nitrogen and oxygen atoms in total. The maximum Gasteiger partial charge on any atom is 0.310 e. The Morgan fingerprint density at radius 2 is 2.23 bits per heavy atom. The first-order valence-electron chi connectivity index (χ1n) is 4.98. The molecule has 1 aliphatic heterocycles. The molecule has 1 aliphatic rings. The summed E-state index contributed by atoms with van der Waals surface area (Å²) in [5.41, 5.74) is 0. The Hall–Kier alpha value is -0.570. The molecule has 0 saturated carbocycles. The molecular formula is C10H19NO2. The molecule has 76 valence electrons. The van der Waals surface area contributed by atoms with Crippen LogP contribution in [0.2, 0.25) is 0 Å². The number of carbonyl (C=O) groups is 1. The van der Waals surface area contributed by atoms with E-state index in [1.165, 1.54) is 0 Å². The lowest BCUT2D eigenvalue weighted by molar-refractivity contribution is -0.150. The molecular weight excluding hydrogens is 166 g/mol. The molecule has 0 unspecified atom stereocenters. The van der Waals surface area contributed by atoms with Gasteiger partial charge in [0.2, 0.25) is 0 Å². The first-order chi connectivity index (χ1) is 6.13. The number of nitrogens with zero attached hydrogens (tertiary/aromatic N) is 1. The van der Waals surface area contributed by atoms with E-state index in [1.807, 2.05) is 6.92 Å². The van der Waals surface area contributed by atoms with Crippen LogP contribution in [0.4, 0.5) is 0 Å². The Bertz CT molecular complexity index is 172. The fourth-order valence-electron chi connectivity index (χ4n) is 2.05. The number of rotatable bonds is 2. The molecule has 3 heteroatoms. The normalized spacial score (nSPS) is 30.1. The van der Waals surface area contributed by atoms with Crippen molar-refractivity contribution in [3.05, 3.63) is 0 Å². The van der Waals surface area contributed by atoms with Crippen molar-refractivity contribution < 1.29 is 9.53 Å². The van der Waals surface area contributed by atoms with Crippen molar-refractivity contribution in [2.45, 2.75) is 20.3 Å². The molecule has 1 rings (SSSR count). The zero-order chi connectivity index (χ0) is 9.84. The lowest BCUT2D eigenvalue weighted by Gasteiger charge is -2.32. The summed E-state index contributed by atoms with van der Waals surface area (Å²) >= 11 is 0. The van der Waals surface area contributed by atoms with Crippen LogP contribution < -0.4 is 0 Å². The second kappa shape index (κ2) is 4.61. The Morgan fingerprint density at radius 3 is 2.77 bits per heavy atom. The predicted octanol–water partition coefficient (Wildman–Crippen LogP) is 1.14. The first-order valence-corrected chi connectivity index (χ1v) is 4.98. The van der Waals surface area contributed by atoms with Gasteiger partial charge < -0.3 is 9.64 Å². The number of ether oxygens (including phenoxy) is 1. The van der Waals surface area contributed by atoms with Crippen molar-refractivity contribution in [2.24, 2.45) is 11.8 Å². The second-order valence-electron chi connectivity index (χ2n) is 4.01. The summed E-state index contributed by atoms with van der Waals surface area (Å²) in [6, 6.07) is 0. The molecule has 0 aromatic rings. The van der Waals surface area contributed by atoms with E-state index in [4.69, 9.17) is 4.74 Å². The summed E-state index contributed by atoms with van der Waals surface area (Å²) in [5, 5.41) is 0. The molecule has 13 heavy (non-hydrogen) atoms. The monoisotopic (exact) mass is 185 g/mol. The minimum Gasteiger partial charge on any atom is -0.466 e. The van der Waals surface area contributed by atoms with Crippen molar-refractivity contribution in [1.29, 1.82) is 0 Å². The van der Waals surface area contributed by atoms with E-state index in [9.17, 15) is 4.79 Å². The predicted molar refractivity (Wildman–Crippen MR) is 51.4 cm³/mol. The molecule has 0 amide bonds. The average molecular weight is 185 g/mol. The number of hydrogen-bond donors (Lipinski definition) is 0. The molecule has 0 spiro atoms. The number of piperidine rings is 1. The van der Waals surface area contributed by atoms with Crippen LogP contribution in [0.5, 0.6) is 0 Å². The van der Waals surface area contributed by atoms with Crippen molar-refractivity contribution in [3.8, 4) is 0 Å². The number of esters is 1.